The molecule has 0 radical (unpaired) electrons. The molecule has 0 saturated heterocycles. The molecule has 12 heavy (non-hydrogen) atoms. The molecule has 0 aliphatic heterocycles. The predicted octanol–water partition coefficient (Wildman–Crippen LogP) is 1.86. The van der Waals surface area contributed by atoms with Crippen molar-refractivity contribution < 1.29 is 4.39 Å². The summed E-state index contributed by atoms with van der Waals surface area (Å²) in [6, 6.07) is 4.20. The van der Waals surface area contributed by atoms with Crippen LogP contribution in [-0.2, 0) is 6.54 Å². The van der Waals surface area contributed by atoms with Gasteiger partial charge >= 0.3 is 0 Å². The number of rotatable bonds is 2. The highest BCUT2D eigenvalue weighted by atomic mass is 35.5. The lowest BCUT2D eigenvalue weighted by atomic mass is 10.2. The van der Waals surface area contributed by atoms with Gasteiger partial charge in [0, 0.05) is 11.6 Å². The van der Waals surface area contributed by atoms with Crippen molar-refractivity contribution in [1.29, 1.82) is 0 Å². The maximum absolute atomic E-state index is 12.5. The van der Waals surface area contributed by atoms with Crippen LogP contribution in [0, 0.1) is 5.82 Å². The van der Waals surface area contributed by atoms with Crippen molar-refractivity contribution in [3.63, 3.8) is 0 Å². The Morgan fingerprint density at radius 1 is 1.50 bits per heavy atom. The Balaban J connectivity index is 0.00000121. The van der Waals surface area contributed by atoms with Gasteiger partial charge in [0.25, 0.3) is 0 Å². The van der Waals surface area contributed by atoms with Crippen LogP contribution in [0.5, 0.6) is 0 Å². The Bertz CT molecular complexity index is 255. The van der Waals surface area contributed by atoms with Gasteiger partial charge < -0.3 is 0 Å². The molecule has 0 atom stereocenters. The maximum Gasteiger partial charge on any atom is 0.124 e. The number of nitrogens with one attached hydrogen (secondary N) is 1. The van der Waals surface area contributed by atoms with Crippen molar-refractivity contribution in [3.8, 4) is 0 Å². The van der Waals surface area contributed by atoms with E-state index >= 15 is 0 Å². The summed E-state index contributed by atoms with van der Waals surface area (Å²) in [4.78, 5) is 0. The first-order chi connectivity index (χ1) is 5.24. The Morgan fingerprint density at radius 3 is 2.67 bits per heavy atom. The molecule has 0 unspecified atom stereocenters. The molecule has 0 saturated carbocycles. The van der Waals surface area contributed by atoms with Crippen molar-refractivity contribution in [3.05, 3.63) is 34.6 Å². The van der Waals surface area contributed by atoms with Gasteiger partial charge in [-0.1, -0.05) is 17.7 Å². The zero-order valence-electron chi connectivity index (χ0n) is 6.18. The van der Waals surface area contributed by atoms with E-state index in [4.69, 9.17) is 17.4 Å². The summed E-state index contributed by atoms with van der Waals surface area (Å²) < 4.78 is 12.5. The number of hydrogen-bond donors (Lipinski definition) is 2. The largest absolute Gasteiger partial charge is 0.271 e. The number of hydrazine groups is 1. The molecule has 0 aromatic heterocycles. The molecule has 68 valence electrons. The maximum atomic E-state index is 12.5. The summed E-state index contributed by atoms with van der Waals surface area (Å²) in [5.74, 6) is 4.73. The second kappa shape index (κ2) is 5.32. The highest BCUT2D eigenvalue weighted by Gasteiger charge is 1.99. The van der Waals surface area contributed by atoms with Crippen LogP contribution in [0.4, 0.5) is 4.39 Å². The van der Waals surface area contributed by atoms with Crippen LogP contribution < -0.4 is 11.3 Å². The molecule has 2 nitrogen and oxygen atoms in total. The lowest BCUT2D eigenvalue weighted by molar-refractivity contribution is 0.626. The van der Waals surface area contributed by atoms with E-state index in [0.29, 0.717) is 11.6 Å². The summed E-state index contributed by atoms with van der Waals surface area (Å²) in [7, 11) is 0. The van der Waals surface area contributed by atoms with Crippen LogP contribution in [-0.4, -0.2) is 0 Å². The molecular formula is C7H9Cl2FN2. The number of benzene rings is 1. The number of hydrogen-bond acceptors (Lipinski definition) is 2. The van der Waals surface area contributed by atoms with Gasteiger partial charge in [-0.25, -0.2) is 4.39 Å². The Kier molecular flexibility index (Phi) is 5.17. The minimum Gasteiger partial charge on any atom is -0.271 e. The highest BCUT2D eigenvalue weighted by molar-refractivity contribution is 6.31. The van der Waals surface area contributed by atoms with Crippen LogP contribution >= 0.6 is 24.0 Å². The van der Waals surface area contributed by atoms with E-state index in [1.54, 1.807) is 6.07 Å². The molecule has 1 rings (SSSR count). The molecule has 0 amide bonds. The second-order valence-corrected chi connectivity index (χ2v) is 2.52. The lowest BCUT2D eigenvalue weighted by Gasteiger charge is -2.01. The van der Waals surface area contributed by atoms with Crippen molar-refractivity contribution in [2.24, 2.45) is 5.84 Å². The molecule has 1 aromatic rings. The van der Waals surface area contributed by atoms with Crippen LogP contribution in [0.25, 0.3) is 0 Å². The van der Waals surface area contributed by atoms with Crippen LogP contribution in [0.3, 0.4) is 0 Å². The van der Waals surface area contributed by atoms with Crippen molar-refractivity contribution in [2.75, 3.05) is 0 Å². The van der Waals surface area contributed by atoms with Crippen LogP contribution in [0.1, 0.15) is 5.56 Å². The monoisotopic (exact) mass is 210 g/mol. The summed E-state index contributed by atoms with van der Waals surface area (Å²) in [5.41, 5.74) is 3.22. The summed E-state index contributed by atoms with van der Waals surface area (Å²) in [6.07, 6.45) is 0. The zero-order valence-corrected chi connectivity index (χ0v) is 7.75. The van der Waals surface area contributed by atoms with E-state index in [1.807, 2.05) is 0 Å². The fourth-order valence-corrected chi connectivity index (χ4v) is 1.01. The minimum atomic E-state index is -0.337. The lowest BCUT2D eigenvalue weighted by Crippen LogP contribution is -2.20. The molecule has 0 aliphatic rings. The molecule has 0 fully saturated rings. The van der Waals surface area contributed by atoms with E-state index in [1.165, 1.54) is 12.1 Å². The second-order valence-electron chi connectivity index (χ2n) is 2.12. The first-order valence-corrected chi connectivity index (χ1v) is 3.49. The summed E-state index contributed by atoms with van der Waals surface area (Å²) in [5, 5.41) is 0.392. The van der Waals surface area contributed by atoms with Gasteiger partial charge in [-0.2, -0.15) is 0 Å². The van der Waals surface area contributed by atoms with Gasteiger partial charge in [-0.15, -0.1) is 12.4 Å². The molecule has 0 bridgehead atoms. The van der Waals surface area contributed by atoms with Gasteiger partial charge in [-0.3, -0.25) is 11.3 Å². The molecule has 1 aromatic carbocycles. The third-order valence-electron chi connectivity index (χ3n) is 1.31. The van der Waals surface area contributed by atoms with Gasteiger partial charge in [0.15, 0.2) is 0 Å². The van der Waals surface area contributed by atoms with E-state index in [0.717, 1.165) is 5.56 Å². The van der Waals surface area contributed by atoms with Gasteiger partial charge in [0.1, 0.15) is 5.82 Å². The molecule has 3 N–H and O–H groups in total. The normalized spacial score (nSPS) is 9.25. The van der Waals surface area contributed by atoms with E-state index in [2.05, 4.69) is 5.43 Å². The Hall–Kier alpha value is -0.350. The van der Waals surface area contributed by atoms with Crippen molar-refractivity contribution in [2.45, 2.75) is 6.54 Å². The smallest absolute Gasteiger partial charge is 0.124 e. The van der Waals surface area contributed by atoms with E-state index in [-0.39, 0.29) is 18.2 Å². The minimum absolute atomic E-state index is 0. The summed E-state index contributed by atoms with van der Waals surface area (Å²) >= 11 is 5.67. The topological polar surface area (TPSA) is 38.0 Å². The summed E-state index contributed by atoms with van der Waals surface area (Å²) in [6.45, 7) is 0.444. The van der Waals surface area contributed by atoms with Crippen LogP contribution in [0.2, 0.25) is 5.02 Å². The fourth-order valence-electron chi connectivity index (χ4n) is 0.775. The van der Waals surface area contributed by atoms with Gasteiger partial charge in [0.05, 0.1) is 0 Å². The number of nitrogens with two attached hydrogens (primary N) is 1. The predicted molar refractivity (Wildman–Crippen MR) is 49.7 cm³/mol. The fraction of sp³-hybridized carbons (Fsp3) is 0.143. The SMILES string of the molecule is Cl.NNCc1ccc(F)cc1Cl. The van der Waals surface area contributed by atoms with E-state index < -0.39 is 0 Å². The average Bonchev–Trinajstić information content (AvgIpc) is 1.95. The zero-order chi connectivity index (χ0) is 8.27. The highest BCUT2D eigenvalue weighted by Crippen LogP contribution is 2.16. The molecule has 0 heterocycles. The van der Waals surface area contributed by atoms with Crippen molar-refractivity contribution in [1.82, 2.24) is 5.43 Å². The van der Waals surface area contributed by atoms with E-state index in [9.17, 15) is 4.39 Å². The molecule has 0 spiro atoms. The molecular weight excluding hydrogens is 202 g/mol. The molecule has 5 heteroatoms. The quantitative estimate of drug-likeness (QED) is 0.578. The first kappa shape index (κ1) is 11.6. The van der Waals surface area contributed by atoms with Crippen molar-refractivity contribution >= 4 is 24.0 Å². The Labute approximate surface area is 81.3 Å². The van der Waals surface area contributed by atoms with Gasteiger partial charge in [0.2, 0.25) is 0 Å². The van der Waals surface area contributed by atoms with Crippen LogP contribution in [0.15, 0.2) is 18.2 Å². The number of halogens is 3. The molecule has 0 aliphatic carbocycles. The first-order valence-electron chi connectivity index (χ1n) is 3.11. The third kappa shape index (κ3) is 2.95. The standard InChI is InChI=1S/C7H8ClFN2.ClH/c8-7-3-6(9)2-1-5(7)4-11-10;/h1-3,11H,4,10H2;1H. The average molecular weight is 211 g/mol. The third-order valence-corrected chi connectivity index (χ3v) is 1.66. The Morgan fingerprint density at radius 2 is 2.17 bits per heavy atom. The van der Waals surface area contributed by atoms with Gasteiger partial charge in [-0.05, 0) is 17.7 Å².